The van der Waals surface area contributed by atoms with Crippen molar-refractivity contribution in [3.8, 4) is 5.75 Å². The third-order valence-corrected chi connectivity index (χ3v) is 2.88. The summed E-state index contributed by atoms with van der Waals surface area (Å²) < 4.78 is 12.2. The van der Waals surface area contributed by atoms with Gasteiger partial charge >= 0.3 is 0 Å². The Hall–Kier alpha value is -1.36. The lowest BCUT2D eigenvalue weighted by molar-refractivity contribution is 0.0423. The number of carbonyl (C=O) groups is 1. The first-order chi connectivity index (χ1) is 7.63. The number of ketones is 1. The molecule has 2 atom stereocenters. The number of hydrogen-bond donors (Lipinski definition) is 0. The highest BCUT2D eigenvalue weighted by Gasteiger charge is 2.32. The van der Waals surface area contributed by atoms with Gasteiger partial charge in [-0.3, -0.25) is 9.48 Å². The maximum Gasteiger partial charge on any atom is 0.213 e. The van der Waals surface area contributed by atoms with E-state index < -0.39 is 0 Å². The maximum absolute atomic E-state index is 12.2. The molecule has 5 heteroatoms. The van der Waals surface area contributed by atoms with Crippen molar-refractivity contribution in [2.24, 2.45) is 7.05 Å². The van der Waals surface area contributed by atoms with E-state index in [-0.39, 0.29) is 18.0 Å². The predicted molar refractivity (Wildman–Crippen MR) is 57.7 cm³/mol. The number of rotatable bonds is 3. The van der Waals surface area contributed by atoms with Crippen LogP contribution in [0.5, 0.6) is 5.75 Å². The highest BCUT2D eigenvalue weighted by Crippen LogP contribution is 2.26. The van der Waals surface area contributed by atoms with Crippen LogP contribution in [0.25, 0.3) is 0 Å². The molecule has 1 aliphatic rings. The van der Waals surface area contributed by atoms with Crippen molar-refractivity contribution in [1.29, 1.82) is 0 Å². The Morgan fingerprint density at radius 1 is 1.62 bits per heavy atom. The molecule has 0 saturated carbocycles. The molecule has 0 bridgehead atoms. The van der Waals surface area contributed by atoms with Crippen molar-refractivity contribution in [2.75, 3.05) is 7.11 Å². The zero-order chi connectivity index (χ0) is 11.7. The Balaban J connectivity index is 2.23. The summed E-state index contributed by atoms with van der Waals surface area (Å²) in [6.45, 7) is 1.98. The lowest BCUT2D eigenvalue weighted by atomic mass is 10.1. The Morgan fingerprint density at radius 3 is 2.94 bits per heavy atom. The topological polar surface area (TPSA) is 53.4 Å². The molecule has 2 heterocycles. The highest BCUT2D eigenvalue weighted by atomic mass is 16.5. The summed E-state index contributed by atoms with van der Waals surface area (Å²) in [6.07, 6.45) is 3.06. The van der Waals surface area contributed by atoms with Gasteiger partial charge in [0.25, 0.3) is 0 Å². The van der Waals surface area contributed by atoms with Crippen LogP contribution in [-0.2, 0) is 11.8 Å². The molecule has 5 nitrogen and oxygen atoms in total. The van der Waals surface area contributed by atoms with Crippen LogP contribution in [0.1, 0.15) is 30.3 Å². The fraction of sp³-hybridized carbons (Fsp3) is 0.636. The standard InChI is InChI=1S/C11H16N2O3/c1-7-4-5-8(16-7)11(14)10-9(15-3)6-12-13(10)2/h6-8H,4-5H2,1-3H3. The molecule has 0 amide bonds. The van der Waals surface area contributed by atoms with Gasteiger partial charge in [-0.2, -0.15) is 5.10 Å². The second kappa shape index (κ2) is 4.25. The fourth-order valence-corrected chi connectivity index (χ4v) is 2.00. The van der Waals surface area contributed by atoms with Crippen LogP contribution in [0.3, 0.4) is 0 Å². The second-order valence-electron chi connectivity index (χ2n) is 4.06. The molecule has 0 aliphatic carbocycles. The van der Waals surface area contributed by atoms with E-state index >= 15 is 0 Å². The number of methoxy groups -OCH3 is 1. The molecular weight excluding hydrogens is 208 g/mol. The summed E-state index contributed by atoms with van der Waals surface area (Å²) >= 11 is 0. The van der Waals surface area contributed by atoms with Crippen LogP contribution in [-0.4, -0.2) is 34.9 Å². The van der Waals surface area contributed by atoms with Gasteiger partial charge in [0.15, 0.2) is 5.75 Å². The zero-order valence-corrected chi connectivity index (χ0v) is 9.77. The first kappa shape index (κ1) is 11.1. The minimum Gasteiger partial charge on any atom is -0.493 e. The molecule has 2 rings (SSSR count). The number of ether oxygens (including phenoxy) is 2. The minimum atomic E-state index is -0.348. The molecule has 1 aromatic heterocycles. The van der Waals surface area contributed by atoms with Crippen LogP contribution in [0.4, 0.5) is 0 Å². The quantitative estimate of drug-likeness (QED) is 0.723. The lowest BCUT2D eigenvalue weighted by Gasteiger charge is -2.11. The normalized spacial score (nSPS) is 24.7. The van der Waals surface area contributed by atoms with Gasteiger partial charge in [0.1, 0.15) is 11.8 Å². The van der Waals surface area contributed by atoms with Crippen LogP contribution < -0.4 is 4.74 Å². The Morgan fingerprint density at radius 2 is 2.38 bits per heavy atom. The SMILES string of the molecule is COc1cnn(C)c1C(=O)C1CCC(C)O1. The average molecular weight is 224 g/mol. The molecule has 0 spiro atoms. The maximum atomic E-state index is 12.2. The van der Waals surface area contributed by atoms with Gasteiger partial charge in [-0.15, -0.1) is 0 Å². The summed E-state index contributed by atoms with van der Waals surface area (Å²) in [6, 6.07) is 0. The van der Waals surface area contributed by atoms with Gasteiger partial charge in [0, 0.05) is 7.05 Å². The van der Waals surface area contributed by atoms with E-state index in [0.29, 0.717) is 11.4 Å². The number of carbonyl (C=O) groups excluding carboxylic acids is 1. The summed E-state index contributed by atoms with van der Waals surface area (Å²) in [5.74, 6) is 0.469. The molecular formula is C11H16N2O3. The molecule has 16 heavy (non-hydrogen) atoms. The van der Waals surface area contributed by atoms with E-state index in [1.54, 1.807) is 13.2 Å². The Kier molecular flexibility index (Phi) is 2.96. The van der Waals surface area contributed by atoms with Crippen molar-refractivity contribution in [3.63, 3.8) is 0 Å². The number of aryl methyl sites for hydroxylation is 1. The van der Waals surface area contributed by atoms with Crippen LogP contribution in [0, 0.1) is 0 Å². The molecule has 1 saturated heterocycles. The molecule has 1 fully saturated rings. The first-order valence-corrected chi connectivity index (χ1v) is 5.39. The Labute approximate surface area is 94.3 Å². The van der Waals surface area contributed by atoms with Gasteiger partial charge < -0.3 is 9.47 Å². The molecule has 2 unspecified atom stereocenters. The largest absolute Gasteiger partial charge is 0.493 e. The molecule has 0 radical (unpaired) electrons. The van der Waals surface area contributed by atoms with E-state index in [0.717, 1.165) is 12.8 Å². The van der Waals surface area contributed by atoms with Crippen molar-refractivity contribution in [3.05, 3.63) is 11.9 Å². The number of Topliss-reactive ketones (excluding diaryl/α,β-unsaturated/α-hetero) is 1. The number of aromatic nitrogens is 2. The monoisotopic (exact) mass is 224 g/mol. The Bertz CT molecular complexity index is 400. The molecule has 88 valence electrons. The van der Waals surface area contributed by atoms with Crippen molar-refractivity contribution < 1.29 is 14.3 Å². The number of nitrogens with zero attached hydrogens (tertiary/aromatic N) is 2. The molecule has 0 N–H and O–H groups in total. The van der Waals surface area contributed by atoms with E-state index in [9.17, 15) is 4.79 Å². The van der Waals surface area contributed by atoms with E-state index in [1.165, 1.54) is 11.8 Å². The summed E-state index contributed by atoms with van der Waals surface area (Å²) in [4.78, 5) is 12.2. The van der Waals surface area contributed by atoms with Gasteiger partial charge in [0.2, 0.25) is 5.78 Å². The van der Waals surface area contributed by atoms with Crippen molar-refractivity contribution in [2.45, 2.75) is 32.0 Å². The second-order valence-corrected chi connectivity index (χ2v) is 4.06. The van der Waals surface area contributed by atoms with Gasteiger partial charge in [-0.1, -0.05) is 0 Å². The van der Waals surface area contributed by atoms with Gasteiger partial charge in [0.05, 0.1) is 19.4 Å². The third kappa shape index (κ3) is 1.82. The zero-order valence-electron chi connectivity index (χ0n) is 9.77. The molecule has 1 aromatic rings. The van der Waals surface area contributed by atoms with Gasteiger partial charge in [-0.25, -0.2) is 0 Å². The predicted octanol–water partition coefficient (Wildman–Crippen LogP) is 1.18. The summed E-state index contributed by atoms with van der Waals surface area (Å²) in [5, 5.41) is 4.01. The molecule has 1 aliphatic heterocycles. The smallest absolute Gasteiger partial charge is 0.213 e. The highest BCUT2D eigenvalue weighted by molar-refractivity contribution is 6.00. The lowest BCUT2D eigenvalue weighted by Crippen LogP contribution is -2.23. The first-order valence-electron chi connectivity index (χ1n) is 5.39. The van der Waals surface area contributed by atoms with Crippen LogP contribution >= 0.6 is 0 Å². The van der Waals surface area contributed by atoms with Crippen LogP contribution in [0.2, 0.25) is 0 Å². The average Bonchev–Trinajstić information content (AvgIpc) is 2.83. The van der Waals surface area contributed by atoms with E-state index in [4.69, 9.17) is 9.47 Å². The summed E-state index contributed by atoms with van der Waals surface area (Å²) in [7, 11) is 3.26. The summed E-state index contributed by atoms with van der Waals surface area (Å²) in [5.41, 5.74) is 0.488. The van der Waals surface area contributed by atoms with E-state index in [2.05, 4.69) is 5.10 Å². The molecule has 0 aromatic carbocycles. The van der Waals surface area contributed by atoms with E-state index in [1.807, 2.05) is 6.92 Å². The number of hydrogen-bond acceptors (Lipinski definition) is 4. The van der Waals surface area contributed by atoms with Crippen molar-refractivity contribution >= 4 is 5.78 Å². The minimum absolute atomic E-state index is 0.0406. The van der Waals surface area contributed by atoms with Crippen molar-refractivity contribution in [1.82, 2.24) is 9.78 Å². The fourth-order valence-electron chi connectivity index (χ4n) is 2.00. The van der Waals surface area contributed by atoms with Crippen LogP contribution in [0.15, 0.2) is 6.20 Å². The van der Waals surface area contributed by atoms with Gasteiger partial charge in [-0.05, 0) is 19.8 Å². The third-order valence-electron chi connectivity index (χ3n) is 2.88.